The van der Waals surface area contributed by atoms with Gasteiger partial charge in [0.2, 0.25) is 53.2 Å². The summed E-state index contributed by atoms with van der Waals surface area (Å²) in [6.45, 7) is 6.09. The van der Waals surface area contributed by atoms with Crippen LogP contribution in [-0.2, 0) is 76.9 Å². The highest BCUT2D eigenvalue weighted by atomic mass is 79.9. The summed E-state index contributed by atoms with van der Waals surface area (Å²) in [6, 6.07) is 10.1. The highest BCUT2D eigenvalue weighted by Gasteiger charge is 2.41. The van der Waals surface area contributed by atoms with E-state index in [0.717, 1.165) is 39.1 Å². The minimum Gasteiger partial charge on any atom is -0.481 e. The molecule has 2 aliphatic rings. The van der Waals surface area contributed by atoms with Gasteiger partial charge in [-0.2, -0.15) is 0 Å². The van der Waals surface area contributed by atoms with Crippen LogP contribution in [0, 0.1) is 5.92 Å². The zero-order valence-corrected chi connectivity index (χ0v) is 57.5. The van der Waals surface area contributed by atoms with Gasteiger partial charge in [0.25, 0.3) is 0 Å². The molecule has 0 radical (unpaired) electrons. The number of aliphatic carboxylic acids is 3. The molecule has 3 aromatic rings. The molecule has 5 rings (SSSR count). The van der Waals surface area contributed by atoms with Crippen molar-refractivity contribution in [2.45, 2.75) is 190 Å². The highest BCUT2D eigenvalue weighted by molar-refractivity contribution is 9.11. The van der Waals surface area contributed by atoms with Gasteiger partial charge in [-0.1, -0.05) is 90.4 Å². The lowest BCUT2D eigenvalue weighted by molar-refractivity contribution is -0.144. The van der Waals surface area contributed by atoms with Crippen LogP contribution in [-0.4, -0.2) is 186 Å². The number of amides is 9. The quantitative estimate of drug-likeness (QED) is 0.0221. The number of hydrogen-bond acceptors (Lipinski definition) is 17. The molecule has 9 amide bonds. The number of aliphatic hydroxyl groups is 1. The van der Waals surface area contributed by atoms with E-state index in [1.807, 2.05) is 12.1 Å². The van der Waals surface area contributed by atoms with Crippen LogP contribution in [0.3, 0.4) is 0 Å². The summed E-state index contributed by atoms with van der Waals surface area (Å²) in [5.74, 6) is -12.3. The normalized spacial score (nSPS) is 17.7. The predicted octanol–water partition coefficient (Wildman–Crippen LogP) is 3.04. The van der Waals surface area contributed by atoms with Gasteiger partial charge in [0.15, 0.2) is 0 Å². The van der Waals surface area contributed by atoms with Crippen molar-refractivity contribution in [2.75, 3.05) is 31.1 Å². The smallest absolute Gasteiger partial charge is 0.326 e. The lowest BCUT2D eigenvalue weighted by Crippen LogP contribution is -2.60. The number of halogens is 2. The maximum Gasteiger partial charge on any atom is 0.326 e. The number of carboxylic acids is 3. The van der Waals surface area contributed by atoms with Crippen molar-refractivity contribution in [2.24, 2.45) is 11.7 Å². The number of carbonyl (C=O) groups excluding carboxylic acids is 9. The van der Waals surface area contributed by atoms with E-state index in [1.165, 1.54) is 11.8 Å². The van der Waals surface area contributed by atoms with Crippen molar-refractivity contribution in [3.8, 4) is 0 Å². The molecule has 520 valence electrons. The average molecular weight is 1470 g/mol. The zero-order valence-electron chi connectivity index (χ0n) is 53.5. The molecule has 15 N–H and O–H groups in total. The summed E-state index contributed by atoms with van der Waals surface area (Å²) in [7, 11) is 0. The summed E-state index contributed by atoms with van der Waals surface area (Å²) >= 11 is 8.10. The molecule has 1 saturated heterocycles. The Labute approximate surface area is 573 Å². The second-order valence-electron chi connectivity index (χ2n) is 24.3. The van der Waals surface area contributed by atoms with E-state index in [2.05, 4.69) is 74.0 Å². The molecule has 0 spiro atoms. The standard InChI is InChI=1S/C65H89Br2N11O16S/c1-37(2)28-51(65(93)94)76-59(87)47(23-24-55(82)83)72-62(90)50(33-56(84)85)75-58(86)46(18-10-11-25-68)71-60(88)48(29-39-14-6-4-7-15-39)73-61(89)49(30-40-16-8-5-9-17-40)74-63(91)52(70-38(3)79)36-95-53-34-54(81)78(64(53)92)27-13-12-26-77(43-19-21-44(80)22-20-43)35-41-31-42(66)32-45(67)57(41)69/h4-9,14-17,31-32,37,43-44,46-53,80H,10-13,18-30,33-36,68-69H2,1-3H3,(H,70,79)(H,71,88)(H,72,90)(H,73,89)(H,74,91)(H,75,86)(H,76,87)(H,82,83)(H,84,85)(H,93,94)/t43-,44-,46?,47?,48?,49?,50?,51?,52?,53?. The molecule has 1 heterocycles. The number of likely N-dealkylation sites (tertiary alicyclic amines) is 1. The highest BCUT2D eigenvalue weighted by Crippen LogP contribution is 2.32. The first-order valence-electron chi connectivity index (χ1n) is 31.8. The summed E-state index contributed by atoms with van der Waals surface area (Å²) in [5.41, 5.74) is 14.9. The fraction of sp³-hybridized carbons (Fsp3) is 0.538. The fourth-order valence-electron chi connectivity index (χ4n) is 11.2. The number of unbranched alkanes of at least 4 members (excludes halogenated alkanes) is 2. The van der Waals surface area contributed by atoms with Crippen molar-refractivity contribution in [3.05, 3.63) is 98.4 Å². The summed E-state index contributed by atoms with van der Waals surface area (Å²) in [6.07, 6.45) is 1.32. The predicted molar refractivity (Wildman–Crippen MR) is 360 cm³/mol. The molecule has 30 heteroatoms. The van der Waals surface area contributed by atoms with Crippen LogP contribution in [0.2, 0.25) is 0 Å². The molecule has 27 nitrogen and oxygen atoms in total. The minimum absolute atomic E-state index is 0.0315. The third-order valence-electron chi connectivity index (χ3n) is 16.2. The maximum absolute atomic E-state index is 14.8. The van der Waals surface area contributed by atoms with E-state index in [1.54, 1.807) is 74.5 Å². The molecular formula is C65H89Br2N11O16S. The molecule has 1 aliphatic heterocycles. The third kappa shape index (κ3) is 26.6. The number of nitrogens with two attached hydrogens (primary N) is 2. The van der Waals surface area contributed by atoms with Gasteiger partial charge in [0, 0.05) is 66.4 Å². The first-order chi connectivity index (χ1) is 45.1. The van der Waals surface area contributed by atoms with Gasteiger partial charge < -0.3 is 69.1 Å². The van der Waals surface area contributed by atoms with Crippen LogP contribution in [0.1, 0.15) is 127 Å². The van der Waals surface area contributed by atoms with E-state index in [0.29, 0.717) is 62.0 Å². The average Bonchev–Trinajstić information content (AvgIpc) is 1.83. The van der Waals surface area contributed by atoms with Crippen molar-refractivity contribution < 1.29 is 78.0 Å². The number of benzene rings is 3. The SMILES string of the molecule is CC(=O)NC(CSC1CC(=O)N(CCCCN(Cc2cc(Br)cc(Br)c2N)[C@H]2CC[C@H](O)CC2)C1=O)C(=O)NC(Cc1ccccc1)C(=O)NC(Cc1ccccc1)C(=O)NC(CCCCN)C(=O)NC(CC(=O)O)C(=O)NC(CCC(=O)O)C(=O)NC(CC(C)C)C(=O)O. The maximum atomic E-state index is 14.8. The number of hydrogen-bond donors (Lipinski definition) is 13. The van der Waals surface area contributed by atoms with Gasteiger partial charge >= 0.3 is 17.9 Å². The van der Waals surface area contributed by atoms with E-state index >= 15 is 0 Å². The Morgan fingerprint density at radius 1 is 0.642 bits per heavy atom. The Bertz CT molecular complexity index is 3150. The van der Waals surface area contributed by atoms with E-state index in [9.17, 15) is 78.0 Å². The van der Waals surface area contributed by atoms with Crippen LogP contribution in [0.15, 0.2) is 81.7 Å². The lowest BCUT2D eigenvalue weighted by atomic mass is 9.91. The first kappa shape index (κ1) is 78.2. The zero-order chi connectivity index (χ0) is 69.9. The number of nitrogen functional groups attached to an aromatic ring is 1. The Kier molecular flexibility index (Phi) is 32.5. The third-order valence-corrected chi connectivity index (χ3v) is 18.6. The number of aliphatic hydroxyl groups excluding tert-OH is 1. The second kappa shape index (κ2) is 39.5. The number of anilines is 1. The molecule has 95 heavy (non-hydrogen) atoms. The summed E-state index contributed by atoms with van der Waals surface area (Å²) < 4.78 is 1.63. The van der Waals surface area contributed by atoms with Crippen molar-refractivity contribution in [1.29, 1.82) is 0 Å². The van der Waals surface area contributed by atoms with Gasteiger partial charge in [-0.3, -0.25) is 62.5 Å². The number of rotatable bonds is 40. The number of nitrogens with one attached hydrogen (secondary N) is 7. The second-order valence-corrected chi connectivity index (χ2v) is 27.3. The van der Waals surface area contributed by atoms with Crippen LogP contribution in [0.5, 0.6) is 0 Å². The Balaban J connectivity index is 1.32. The fourth-order valence-corrected chi connectivity index (χ4v) is 13.7. The van der Waals surface area contributed by atoms with E-state index in [-0.39, 0.29) is 75.4 Å². The molecule has 8 unspecified atom stereocenters. The van der Waals surface area contributed by atoms with Crippen LogP contribution >= 0.6 is 43.6 Å². The number of nitrogens with zero attached hydrogens (tertiary/aromatic N) is 2. The number of imide groups is 1. The van der Waals surface area contributed by atoms with Crippen LogP contribution in [0.25, 0.3) is 0 Å². The van der Waals surface area contributed by atoms with E-state index < -0.39 is 138 Å². The summed E-state index contributed by atoms with van der Waals surface area (Å²) in [4.78, 5) is 165. The number of thioether (sulfide) groups is 1. The van der Waals surface area contributed by atoms with Crippen molar-refractivity contribution >= 4 is 120 Å². The van der Waals surface area contributed by atoms with Gasteiger partial charge in [0.1, 0.15) is 42.3 Å². The molecule has 8 atom stereocenters. The number of carboxylic acid groups (broad SMARTS) is 3. The Morgan fingerprint density at radius 3 is 1.68 bits per heavy atom. The first-order valence-corrected chi connectivity index (χ1v) is 34.4. The molecule has 0 aromatic heterocycles. The number of carbonyl (C=O) groups is 12. The summed E-state index contributed by atoms with van der Waals surface area (Å²) in [5, 5.41) is 56.0. The topological polar surface area (TPSA) is 428 Å². The van der Waals surface area contributed by atoms with Crippen molar-refractivity contribution in [3.63, 3.8) is 0 Å². The molecule has 1 saturated carbocycles. The van der Waals surface area contributed by atoms with Crippen molar-refractivity contribution in [1.82, 2.24) is 47.0 Å². The monoisotopic (exact) mass is 1470 g/mol. The van der Waals surface area contributed by atoms with Gasteiger partial charge in [0.05, 0.1) is 23.5 Å². The molecule has 2 fully saturated rings. The van der Waals surface area contributed by atoms with Gasteiger partial charge in [-0.15, -0.1) is 11.8 Å². The van der Waals surface area contributed by atoms with Gasteiger partial charge in [-0.25, -0.2) is 4.79 Å². The molecular weight excluding hydrogens is 1380 g/mol. The minimum atomic E-state index is -1.95. The Hall–Kier alpha value is -7.51. The molecule has 0 bridgehead atoms. The van der Waals surface area contributed by atoms with Crippen LogP contribution in [0.4, 0.5) is 5.69 Å². The van der Waals surface area contributed by atoms with E-state index in [4.69, 9.17) is 11.5 Å². The Morgan fingerprint density at radius 2 is 1.16 bits per heavy atom. The lowest BCUT2D eigenvalue weighted by Gasteiger charge is -2.36. The van der Waals surface area contributed by atoms with Gasteiger partial charge in [-0.05, 0) is 134 Å². The molecule has 3 aromatic carbocycles. The molecule has 1 aliphatic carbocycles. The largest absolute Gasteiger partial charge is 0.481 e. The van der Waals surface area contributed by atoms with Crippen LogP contribution < -0.4 is 48.7 Å².